The van der Waals surface area contributed by atoms with E-state index >= 15 is 0 Å². The van der Waals surface area contributed by atoms with Gasteiger partial charge in [-0.2, -0.15) is 0 Å². The van der Waals surface area contributed by atoms with Gasteiger partial charge < -0.3 is 4.42 Å². The van der Waals surface area contributed by atoms with Crippen molar-refractivity contribution in [2.45, 2.75) is 6.92 Å². The van der Waals surface area contributed by atoms with Crippen molar-refractivity contribution in [1.29, 1.82) is 0 Å². The highest BCUT2D eigenvalue weighted by Gasteiger charge is 2.01. The number of hydrogen-bond donors (Lipinski definition) is 0. The average Bonchev–Trinajstić information content (AvgIpc) is 2.08. The fourth-order valence-corrected chi connectivity index (χ4v) is 1.37. The molecule has 0 aliphatic rings. The van der Waals surface area contributed by atoms with Gasteiger partial charge in [0, 0.05) is 5.39 Å². The highest BCUT2D eigenvalue weighted by Crippen LogP contribution is 2.16. The lowest BCUT2D eigenvalue weighted by Gasteiger charge is -1.97. The first-order valence-electron chi connectivity index (χ1n) is 3.87. The summed E-state index contributed by atoms with van der Waals surface area (Å²) in [6.45, 7) is 1.97. The molecular formula is C10H7ClO2. The molecule has 1 heterocycles. The van der Waals surface area contributed by atoms with Crippen molar-refractivity contribution in [3.8, 4) is 0 Å². The van der Waals surface area contributed by atoms with Crippen LogP contribution in [0.4, 0.5) is 0 Å². The summed E-state index contributed by atoms with van der Waals surface area (Å²) in [7, 11) is 0. The van der Waals surface area contributed by atoms with Crippen molar-refractivity contribution in [3.05, 3.63) is 45.3 Å². The Morgan fingerprint density at radius 2 is 2.08 bits per heavy atom. The Morgan fingerprint density at radius 3 is 2.85 bits per heavy atom. The molecule has 0 unspecified atom stereocenters. The zero-order valence-electron chi connectivity index (χ0n) is 7.00. The van der Waals surface area contributed by atoms with Gasteiger partial charge in [0.25, 0.3) is 0 Å². The van der Waals surface area contributed by atoms with E-state index < -0.39 is 5.63 Å². The van der Waals surface area contributed by atoms with Crippen molar-refractivity contribution >= 4 is 22.6 Å². The molecule has 66 valence electrons. The Balaban J connectivity index is 2.89. The van der Waals surface area contributed by atoms with Gasteiger partial charge >= 0.3 is 5.63 Å². The molecule has 0 aliphatic heterocycles. The van der Waals surface area contributed by atoms with Crippen molar-refractivity contribution in [3.63, 3.8) is 0 Å². The maximum atomic E-state index is 11.0. The molecule has 0 aliphatic carbocycles. The Labute approximate surface area is 79.7 Å². The number of hydrogen-bond acceptors (Lipinski definition) is 2. The lowest BCUT2D eigenvalue weighted by atomic mass is 10.2. The van der Waals surface area contributed by atoms with E-state index in [-0.39, 0.29) is 5.02 Å². The van der Waals surface area contributed by atoms with Crippen LogP contribution in [0.5, 0.6) is 0 Å². The fraction of sp³-hybridized carbons (Fsp3) is 0.100. The molecule has 3 heteroatoms. The summed E-state index contributed by atoms with van der Waals surface area (Å²) in [5.41, 5.74) is 1.19. The van der Waals surface area contributed by atoms with Gasteiger partial charge in [-0.15, -0.1) is 0 Å². The van der Waals surface area contributed by atoms with Crippen molar-refractivity contribution in [2.24, 2.45) is 0 Å². The third kappa shape index (κ3) is 1.45. The van der Waals surface area contributed by atoms with Crippen LogP contribution in [0.15, 0.2) is 33.5 Å². The van der Waals surface area contributed by atoms with E-state index in [4.69, 9.17) is 16.0 Å². The van der Waals surface area contributed by atoms with Gasteiger partial charge in [-0.25, -0.2) is 4.79 Å². The second-order valence-electron chi connectivity index (χ2n) is 2.92. The molecule has 0 amide bonds. The van der Waals surface area contributed by atoms with E-state index in [1.54, 1.807) is 12.1 Å². The molecule has 0 radical (unpaired) electrons. The van der Waals surface area contributed by atoms with Gasteiger partial charge in [0.15, 0.2) is 0 Å². The van der Waals surface area contributed by atoms with Gasteiger partial charge in [-0.3, -0.25) is 0 Å². The summed E-state index contributed by atoms with van der Waals surface area (Å²) < 4.78 is 4.96. The minimum Gasteiger partial charge on any atom is -0.422 e. The summed E-state index contributed by atoms with van der Waals surface area (Å²) >= 11 is 5.63. The van der Waals surface area contributed by atoms with Crippen molar-refractivity contribution < 1.29 is 4.42 Å². The molecule has 1 aromatic carbocycles. The molecule has 0 fully saturated rings. The third-order valence-electron chi connectivity index (χ3n) is 1.85. The number of benzene rings is 1. The Kier molecular flexibility index (Phi) is 1.85. The molecule has 1 aromatic heterocycles. The van der Waals surface area contributed by atoms with E-state index in [9.17, 15) is 4.79 Å². The van der Waals surface area contributed by atoms with Crippen LogP contribution < -0.4 is 5.63 Å². The van der Waals surface area contributed by atoms with Crippen LogP contribution in [0.1, 0.15) is 5.56 Å². The third-order valence-corrected chi connectivity index (χ3v) is 2.11. The summed E-state index contributed by atoms with van der Waals surface area (Å²) in [5.74, 6) is 0. The first-order valence-corrected chi connectivity index (χ1v) is 4.24. The maximum absolute atomic E-state index is 11.0. The maximum Gasteiger partial charge on any atom is 0.355 e. The van der Waals surface area contributed by atoms with Gasteiger partial charge in [0.1, 0.15) is 10.6 Å². The van der Waals surface area contributed by atoms with Crippen LogP contribution in [-0.2, 0) is 0 Å². The predicted octanol–water partition coefficient (Wildman–Crippen LogP) is 2.75. The SMILES string of the molecule is Cc1ccc2oc(=O)c(Cl)cc2c1. The molecule has 0 bridgehead atoms. The summed E-state index contributed by atoms with van der Waals surface area (Å²) in [5, 5.41) is 0.975. The van der Waals surface area contributed by atoms with Crippen LogP contribution in [0.2, 0.25) is 5.02 Å². The first kappa shape index (κ1) is 8.32. The van der Waals surface area contributed by atoms with E-state index in [2.05, 4.69) is 0 Å². The highest BCUT2D eigenvalue weighted by atomic mass is 35.5. The van der Waals surface area contributed by atoms with Gasteiger partial charge in [0.05, 0.1) is 0 Å². The number of aryl methyl sites for hydroxylation is 1. The molecule has 0 N–H and O–H groups in total. The fourth-order valence-electron chi connectivity index (χ4n) is 1.22. The summed E-state index contributed by atoms with van der Waals surface area (Å²) in [6.07, 6.45) is 0. The predicted molar refractivity (Wildman–Crippen MR) is 52.2 cm³/mol. The Hall–Kier alpha value is -1.28. The second-order valence-corrected chi connectivity index (χ2v) is 3.33. The van der Waals surface area contributed by atoms with E-state index in [0.29, 0.717) is 5.58 Å². The van der Waals surface area contributed by atoms with Crippen LogP contribution in [0.25, 0.3) is 11.0 Å². The minimum absolute atomic E-state index is 0.123. The Bertz CT molecular complexity index is 514. The molecule has 0 atom stereocenters. The molecule has 2 rings (SSSR count). The smallest absolute Gasteiger partial charge is 0.355 e. The van der Waals surface area contributed by atoms with Crippen LogP contribution >= 0.6 is 11.6 Å². The highest BCUT2D eigenvalue weighted by molar-refractivity contribution is 6.30. The van der Waals surface area contributed by atoms with E-state index in [1.807, 2.05) is 19.1 Å². The van der Waals surface area contributed by atoms with Crippen LogP contribution in [-0.4, -0.2) is 0 Å². The number of halogens is 1. The average molecular weight is 195 g/mol. The second kappa shape index (κ2) is 2.89. The molecular weight excluding hydrogens is 188 g/mol. The van der Waals surface area contributed by atoms with Crippen LogP contribution in [0.3, 0.4) is 0 Å². The molecule has 0 saturated carbocycles. The number of rotatable bonds is 0. The summed E-state index contributed by atoms with van der Waals surface area (Å²) in [4.78, 5) is 11.0. The standard InChI is InChI=1S/C10H7ClO2/c1-6-2-3-9-7(4-6)5-8(11)10(12)13-9/h2-5H,1H3. The molecule has 0 spiro atoms. The number of fused-ring (bicyclic) bond motifs is 1. The van der Waals surface area contributed by atoms with Gasteiger partial charge in [-0.05, 0) is 25.1 Å². The topological polar surface area (TPSA) is 30.2 Å². The monoisotopic (exact) mass is 194 g/mol. The molecule has 0 saturated heterocycles. The van der Waals surface area contributed by atoms with E-state index in [0.717, 1.165) is 10.9 Å². The largest absolute Gasteiger partial charge is 0.422 e. The van der Waals surface area contributed by atoms with Gasteiger partial charge in [-0.1, -0.05) is 23.2 Å². The molecule has 2 aromatic rings. The lowest BCUT2D eigenvalue weighted by Crippen LogP contribution is -1.97. The zero-order valence-corrected chi connectivity index (χ0v) is 7.76. The van der Waals surface area contributed by atoms with Gasteiger partial charge in [0.2, 0.25) is 0 Å². The van der Waals surface area contributed by atoms with Crippen LogP contribution in [0, 0.1) is 6.92 Å². The summed E-state index contributed by atoms with van der Waals surface area (Å²) in [6, 6.07) is 7.20. The lowest BCUT2D eigenvalue weighted by molar-refractivity contribution is 0.561. The van der Waals surface area contributed by atoms with E-state index in [1.165, 1.54) is 0 Å². The zero-order chi connectivity index (χ0) is 9.42. The molecule has 2 nitrogen and oxygen atoms in total. The molecule has 13 heavy (non-hydrogen) atoms. The Morgan fingerprint density at radius 1 is 1.31 bits per heavy atom. The van der Waals surface area contributed by atoms with Crippen molar-refractivity contribution in [1.82, 2.24) is 0 Å². The minimum atomic E-state index is -0.488. The van der Waals surface area contributed by atoms with Crippen molar-refractivity contribution in [2.75, 3.05) is 0 Å². The first-order chi connectivity index (χ1) is 6.16. The normalized spacial score (nSPS) is 10.6. The quantitative estimate of drug-likeness (QED) is 0.604.